The van der Waals surface area contributed by atoms with Gasteiger partial charge in [0.05, 0.1) is 13.2 Å². The van der Waals surface area contributed by atoms with Crippen molar-refractivity contribution in [2.24, 2.45) is 0 Å². The minimum absolute atomic E-state index is 0.120. The topological polar surface area (TPSA) is 78.7 Å². The van der Waals surface area contributed by atoms with Crippen LogP contribution in [0.15, 0.2) is 73.1 Å². The number of hydrogen-bond donors (Lipinski definition) is 0. The van der Waals surface area contributed by atoms with E-state index in [4.69, 9.17) is 19.3 Å². The second kappa shape index (κ2) is 10.5. The van der Waals surface area contributed by atoms with Gasteiger partial charge in [0.2, 0.25) is 0 Å². The Morgan fingerprint density at radius 1 is 0.975 bits per heavy atom. The molecule has 1 fully saturated rings. The Morgan fingerprint density at radius 3 is 2.35 bits per heavy atom. The predicted molar refractivity (Wildman–Crippen MR) is 152 cm³/mol. The number of aromatic nitrogens is 3. The monoisotopic (exact) mass is 538 g/mol. The molecule has 2 aliphatic heterocycles. The van der Waals surface area contributed by atoms with Crippen LogP contribution in [0.1, 0.15) is 55.2 Å². The van der Waals surface area contributed by atoms with Crippen LogP contribution in [0, 0.1) is 0 Å². The van der Waals surface area contributed by atoms with Crippen LogP contribution in [-0.2, 0) is 22.6 Å². The Hall–Kier alpha value is -4.01. The van der Waals surface area contributed by atoms with E-state index >= 15 is 0 Å². The fourth-order valence-electron chi connectivity index (χ4n) is 5.25. The molecule has 0 spiro atoms. The van der Waals surface area contributed by atoms with Crippen molar-refractivity contribution >= 4 is 5.91 Å². The molecule has 1 saturated heterocycles. The molecule has 4 heterocycles. The lowest BCUT2D eigenvalue weighted by atomic mass is 9.98. The van der Waals surface area contributed by atoms with Crippen molar-refractivity contribution in [3.8, 4) is 28.1 Å². The number of ether oxygens (including phenoxy) is 3. The largest absolute Gasteiger partial charge is 0.489 e. The number of hydrogen-bond acceptors (Lipinski definition) is 6. The molecule has 6 rings (SSSR count). The maximum Gasteiger partial charge on any atom is 0.274 e. The summed E-state index contributed by atoms with van der Waals surface area (Å²) in [5.41, 5.74) is 6.30. The number of carbonyl (C=O) groups is 1. The van der Waals surface area contributed by atoms with Gasteiger partial charge in [-0.25, -0.2) is 0 Å². The minimum Gasteiger partial charge on any atom is -0.489 e. The zero-order chi connectivity index (χ0) is 27.9. The van der Waals surface area contributed by atoms with Crippen molar-refractivity contribution in [3.05, 3.63) is 89.9 Å². The van der Waals surface area contributed by atoms with E-state index in [1.165, 1.54) is 5.56 Å². The molecule has 2 aromatic heterocycles. The summed E-state index contributed by atoms with van der Waals surface area (Å²) in [6, 6.07) is 20.2. The lowest BCUT2D eigenvalue weighted by Crippen LogP contribution is -2.48. The quantitative estimate of drug-likeness (QED) is 0.292. The van der Waals surface area contributed by atoms with Crippen molar-refractivity contribution in [1.29, 1.82) is 0 Å². The maximum absolute atomic E-state index is 13.9. The number of fused-ring (bicyclic) bond motifs is 1. The summed E-state index contributed by atoms with van der Waals surface area (Å²) in [5.74, 6) is 0.416. The first kappa shape index (κ1) is 26.2. The molecular formula is C32H34N4O4. The van der Waals surface area contributed by atoms with E-state index in [1.54, 1.807) is 17.3 Å². The average molecular weight is 539 g/mol. The SMILES string of the molecule is CC(C)c1ccc(COc2ccc(-c3c(-c4ccncc4)nn4c3C(=O)N(C3COC(C)(C)O3)CC4)cc2)cc1. The molecule has 0 N–H and O–H groups in total. The number of carbonyl (C=O) groups excluding carboxylic acids is 1. The lowest BCUT2D eigenvalue weighted by Gasteiger charge is -2.32. The highest BCUT2D eigenvalue weighted by Crippen LogP contribution is 2.38. The molecule has 206 valence electrons. The van der Waals surface area contributed by atoms with Gasteiger partial charge in [0.25, 0.3) is 5.91 Å². The Balaban J connectivity index is 1.30. The Kier molecular flexibility index (Phi) is 6.90. The fourth-order valence-corrected chi connectivity index (χ4v) is 5.25. The number of benzene rings is 2. The minimum atomic E-state index is -0.722. The van der Waals surface area contributed by atoms with Crippen LogP contribution in [0.5, 0.6) is 5.75 Å². The van der Waals surface area contributed by atoms with Crippen molar-refractivity contribution in [3.63, 3.8) is 0 Å². The summed E-state index contributed by atoms with van der Waals surface area (Å²) in [6.07, 6.45) is 3.04. The van der Waals surface area contributed by atoms with Gasteiger partial charge in [0.15, 0.2) is 12.0 Å². The van der Waals surface area contributed by atoms with Crippen LogP contribution in [-0.4, -0.2) is 50.7 Å². The Labute approximate surface area is 234 Å². The highest BCUT2D eigenvalue weighted by Gasteiger charge is 2.42. The average Bonchev–Trinajstić information content (AvgIpc) is 3.53. The molecule has 1 unspecified atom stereocenters. The summed E-state index contributed by atoms with van der Waals surface area (Å²) in [7, 11) is 0. The van der Waals surface area contributed by atoms with Crippen LogP contribution in [0.2, 0.25) is 0 Å². The van der Waals surface area contributed by atoms with E-state index in [0.29, 0.717) is 37.9 Å². The van der Waals surface area contributed by atoms with Gasteiger partial charge in [-0.3, -0.25) is 14.5 Å². The zero-order valence-electron chi connectivity index (χ0n) is 23.3. The van der Waals surface area contributed by atoms with Crippen molar-refractivity contribution in [2.75, 3.05) is 13.2 Å². The number of pyridine rings is 1. The van der Waals surface area contributed by atoms with Crippen LogP contribution >= 0.6 is 0 Å². The molecule has 1 atom stereocenters. The van der Waals surface area contributed by atoms with Gasteiger partial charge in [-0.2, -0.15) is 5.10 Å². The van der Waals surface area contributed by atoms with Crippen LogP contribution in [0.4, 0.5) is 0 Å². The molecule has 8 heteroatoms. The van der Waals surface area contributed by atoms with Gasteiger partial charge < -0.3 is 19.1 Å². The van der Waals surface area contributed by atoms with Crippen LogP contribution in [0.3, 0.4) is 0 Å². The molecule has 8 nitrogen and oxygen atoms in total. The molecule has 0 saturated carbocycles. The first-order valence-electron chi connectivity index (χ1n) is 13.7. The fraction of sp³-hybridized carbons (Fsp3) is 0.344. The summed E-state index contributed by atoms with van der Waals surface area (Å²) in [5, 5.41) is 4.89. The molecule has 4 aromatic rings. The van der Waals surface area contributed by atoms with Gasteiger partial charge in [-0.15, -0.1) is 0 Å². The summed E-state index contributed by atoms with van der Waals surface area (Å²) >= 11 is 0. The molecular weight excluding hydrogens is 504 g/mol. The molecule has 0 radical (unpaired) electrons. The van der Waals surface area contributed by atoms with E-state index in [-0.39, 0.29) is 5.91 Å². The van der Waals surface area contributed by atoms with Crippen LogP contribution in [0.25, 0.3) is 22.4 Å². The maximum atomic E-state index is 13.9. The lowest BCUT2D eigenvalue weighted by molar-refractivity contribution is -0.155. The molecule has 0 bridgehead atoms. The number of rotatable bonds is 7. The van der Waals surface area contributed by atoms with E-state index in [1.807, 2.05) is 54.9 Å². The molecule has 2 aromatic carbocycles. The van der Waals surface area contributed by atoms with E-state index in [9.17, 15) is 4.79 Å². The van der Waals surface area contributed by atoms with E-state index < -0.39 is 12.0 Å². The first-order valence-corrected chi connectivity index (χ1v) is 13.7. The van der Waals surface area contributed by atoms with Crippen LogP contribution < -0.4 is 4.74 Å². The number of amides is 1. The third kappa shape index (κ3) is 5.12. The summed E-state index contributed by atoms with van der Waals surface area (Å²) < 4.78 is 19.7. The van der Waals surface area contributed by atoms with Gasteiger partial charge in [-0.05, 0) is 60.7 Å². The smallest absolute Gasteiger partial charge is 0.274 e. The second-order valence-corrected chi connectivity index (χ2v) is 11.0. The molecule has 2 aliphatic rings. The molecule has 0 aliphatic carbocycles. The third-order valence-corrected chi connectivity index (χ3v) is 7.46. The first-order chi connectivity index (χ1) is 19.3. The molecule has 40 heavy (non-hydrogen) atoms. The Bertz CT molecular complexity index is 1490. The number of nitrogens with zero attached hydrogens (tertiary/aromatic N) is 4. The van der Waals surface area contributed by atoms with E-state index in [0.717, 1.165) is 33.7 Å². The third-order valence-electron chi connectivity index (χ3n) is 7.46. The second-order valence-electron chi connectivity index (χ2n) is 11.0. The highest BCUT2D eigenvalue weighted by molar-refractivity contribution is 6.03. The summed E-state index contributed by atoms with van der Waals surface area (Å²) in [6.45, 7) is 9.99. The van der Waals surface area contributed by atoms with E-state index in [2.05, 4.69) is 43.1 Å². The standard InChI is InChI=1S/C32H34N4O4/c1-21(2)23-7-5-22(6-8-23)19-38-26-11-9-24(10-12-26)28-29(25-13-15-33-16-14-25)34-36-18-17-35(31(37)30(28)36)27-20-39-32(3,4)40-27/h5-16,21,27H,17-20H2,1-4H3. The highest BCUT2D eigenvalue weighted by atomic mass is 16.8. The molecule has 1 amide bonds. The van der Waals surface area contributed by atoms with Crippen molar-refractivity contribution in [2.45, 2.75) is 58.8 Å². The van der Waals surface area contributed by atoms with Gasteiger partial charge in [0.1, 0.15) is 23.7 Å². The van der Waals surface area contributed by atoms with Crippen molar-refractivity contribution in [1.82, 2.24) is 19.7 Å². The normalized spacial score (nSPS) is 18.3. The Morgan fingerprint density at radius 2 is 1.70 bits per heavy atom. The predicted octanol–water partition coefficient (Wildman–Crippen LogP) is 5.88. The van der Waals surface area contributed by atoms with Gasteiger partial charge in [0, 0.05) is 30.1 Å². The van der Waals surface area contributed by atoms with Gasteiger partial charge >= 0.3 is 0 Å². The zero-order valence-corrected chi connectivity index (χ0v) is 23.3. The summed E-state index contributed by atoms with van der Waals surface area (Å²) in [4.78, 5) is 19.9. The van der Waals surface area contributed by atoms with Crippen molar-refractivity contribution < 1.29 is 19.0 Å². The van der Waals surface area contributed by atoms with Gasteiger partial charge in [-0.1, -0.05) is 50.2 Å².